The van der Waals surface area contributed by atoms with Crippen LogP contribution < -0.4 is 5.32 Å². The van der Waals surface area contributed by atoms with Gasteiger partial charge in [0, 0.05) is 5.69 Å². The van der Waals surface area contributed by atoms with Crippen LogP contribution in [-0.4, -0.2) is 0 Å². The number of aryl methyl sites for hydroxylation is 1. The van der Waals surface area contributed by atoms with Crippen LogP contribution in [0, 0.1) is 12.7 Å². The van der Waals surface area contributed by atoms with Crippen LogP contribution in [0.15, 0.2) is 48.5 Å². The number of hydrogen-bond donors (Lipinski definition) is 1. The molecule has 0 spiro atoms. The van der Waals surface area contributed by atoms with Gasteiger partial charge < -0.3 is 5.32 Å². The van der Waals surface area contributed by atoms with E-state index in [9.17, 15) is 4.39 Å². The lowest BCUT2D eigenvalue weighted by molar-refractivity contribution is 0.627. The van der Waals surface area contributed by atoms with Crippen molar-refractivity contribution in [1.82, 2.24) is 0 Å². The summed E-state index contributed by atoms with van der Waals surface area (Å²) in [4.78, 5) is 0. The standard InChI is InChI=1S/C16H18FN/c1-3-16(13-9-7-12(2)8-10-13)18-15-6-4-5-14(17)11-15/h4-11,16,18H,3H2,1-2H3. The fourth-order valence-corrected chi connectivity index (χ4v) is 2.00. The second-order valence-electron chi connectivity index (χ2n) is 4.53. The largest absolute Gasteiger partial charge is 0.378 e. The summed E-state index contributed by atoms with van der Waals surface area (Å²) in [5, 5.41) is 3.37. The molecule has 1 N–H and O–H groups in total. The van der Waals surface area contributed by atoms with Crippen LogP contribution in [0.1, 0.15) is 30.5 Å². The highest BCUT2D eigenvalue weighted by Gasteiger charge is 2.08. The summed E-state index contributed by atoms with van der Waals surface area (Å²) in [7, 11) is 0. The van der Waals surface area contributed by atoms with Crippen LogP contribution in [0.2, 0.25) is 0 Å². The summed E-state index contributed by atoms with van der Waals surface area (Å²) in [5.41, 5.74) is 3.30. The van der Waals surface area contributed by atoms with Gasteiger partial charge in [0.2, 0.25) is 0 Å². The predicted octanol–water partition coefficient (Wildman–Crippen LogP) is 4.70. The third-order valence-corrected chi connectivity index (χ3v) is 3.05. The highest BCUT2D eigenvalue weighted by molar-refractivity contribution is 5.45. The van der Waals surface area contributed by atoms with Crippen LogP contribution in [0.3, 0.4) is 0 Å². The van der Waals surface area contributed by atoms with E-state index in [0.717, 1.165) is 12.1 Å². The number of rotatable bonds is 4. The first kappa shape index (κ1) is 12.6. The Balaban J connectivity index is 2.17. The Morgan fingerprint density at radius 3 is 2.44 bits per heavy atom. The normalized spacial score (nSPS) is 12.2. The first-order chi connectivity index (χ1) is 8.69. The molecule has 0 aromatic heterocycles. The lowest BCUT2D eigenvalue weighted by atomic mass is 10.0. The van der Waals surface area contributed by atoms with Crippen molar-refractivity contribution in [1.29, 1.82) is 0 Å². The van der Waals surface area contributed by atoms with E-state index in [1.165, 1.54) is 23.3 Å². The number of halogens is 1. The number of hydrogen-bond acceptors (Lipinski definition) is 1. The molecule has 0 saturated heterocycles. The molecule has 18 heavy (non-hydrogen) atoms. The van der Waals surface area contributed by atoms with E-state index in [-0.39, 0.29) is 11.9 Å². The molecule has 2 aromatic carbocycles. The third kappa shape index (κ3) is 3.10. The summed E-state index contributed by atoms with van der Waals surface area (Å²) < 4.78 is 13.1. The van der Waals surface area contributed by atoms with Crippen molar-refractivity contribution in [3.63, 3.8) is 0 Å². The molecule has 1 nitrogen and oxygen atoms in total. The molecule has 0 aliphatic rings. The molecule has 0 amide bonds. The molecule has 2 heteroatoms. The topological polar surface area (TPSA) is 12.0 Å². The van der Waals surface area contributed by atoms with Crippen LogP contribution in [-0.2, 0) is 0 Å². The fourth-order valence-electron chi connectivity index (χ4n) is 2.00. The van der Waals surface area contributed by atoms with E-state index < -0.39 is 0 Å². The number of nitrogens with one attached hydrogen (secondary N) is 1. The van der Waals surface area contributed by atoms with E-state index in [4.69, 9.17) is 0 Å². The van der Waals surface area contributed by atoms with E-state index in [1.807, 2.05) is 6.07 Å². The Kier molecular flexibility index (Phi) is 3.98. The average molecular weight is 243 g/mol. The Labute approximate surface area is 108 Å². The lowest BCUT2D eigenvalue weighted by Gasteiger charge is -2.19. The molecule has 0 bridgehead atoms. The molecular formula is C16H18FN. The number of benzene rings is 2. The Morgan fingerprint density at radius 2 is 1.83 bits per heavy atom. The fraction of sp³-hybridized carbons (Fsp3) is 0.250. The van der Waals surface area contributed by atoms with Crippen molar-refractivity contribution in [3.05, 3.63) is 65.5 Å². The molecule has 0 aliphatic carbocycles. The maximum Gasteiger partial charge on any atom is 0.125 e. The Morgan fingerprint density at radius 1 is 1.11 bits per heavy atom. The van der Waals surface area contributed by atoms with Gasteiger partial charge in [0.1, 0.15) is 5.82 Å². The van der Waals surface area contributed by atoms with Gasteiger partial charge in [-0.15, -0.1) is 0 Å². The predicted molar refractivity (Wildman–Crippen MR) is 74.2 cm³/mol. The third-order valence-electron chi connectivity index (χ3n) is 3.05. The van der Waals surface area contributed by atoms with E-state index >= 15 is 0 Å². The molecule has 1 atom stereocenters. The summed E-state index contributed by atoms with van der Waals surface area (Å²) in [6, 6.07) is 15.3. The molecule has 0 saturated carbocycles. The van der Waals surface area contributed by atoms with Crippen LogP contribution in [0.4, 0.5) is 10.1 Å². The molecule has 2 aromatic rings. The van der Waals surface area contributed by atoms with Gasteiger partial charge in [-0.05, 0) is 37.1 Å². The molecule has 2 rings (SSSR count). The molecule has 0 heterocycles. The van der Waals surface area contributed by atoms with Crippen LogP contribution >= 0.6 is 0 Å². The van der Waals surface area contributed by atoms with Crippen LogP contribution in [0.25, 0.3) is 0 Å². The zero-order valence-corrected chi connectivity index (χ0v) is 10.8. The SMILES string of the molecule is CCC(Nc1cccc(F)c1)c1ccc(C)cc1. The molecule has 0 radical (unpaired) electrons. The van der Waals surface area contributed by atoms with Gasteiger partial charge in [0.25, 0.3) is 0 Å². The van der Waals surface area contributed by atoms with Crippen molar-refractivity contribution < 1.29 is 4.39 Å². The van der Waals surface area contributed by atoms with E-state index in [2.05, 4.69) is 43.4 Å². The van der Waals surface area contributed by atoms with Gasteiger partial charge >= 0.3 is 0 Å². The van der Waals surface area contributed by atoms with Gasteiger partial charge in [-0.25, -0.2) is 4.39 Å². The molecule has 0 aliphatic heterocycles. The lowest BCUT2D eigenvalue weighted by Crippen LogP contribution is -2.09. The van der Waals surface area contributed by atoms with Gasteiger partial charge in [0.15, 0.2) is 0 Å². The maximum absolute atomic E-state index is 13.1. The van der Waals surface area contributed by atoms with Crippen molar-refractivity contribution in [3.8, 4) is 0 Å². The zero-order valence-electron chi connectivity index (χ0n) is 10.8. The monoisotopic (exact) mass is 243 g/mol. The quantitative estimate of drug-likeness (QED) is 0.821. The van der Waals surface area contributed by atoms with Gasteiger partial charge in [-0.3, -0.25) is 0 Å². The van der Waals surface area contributed by atoms with Crippen molar-refractivity contribution in [2.24, 2.45) is 0 Å². The Hall–Kier alpha value is -1.83. The molecular weight excluding hydrogens is 225 g/mol. The van der Waals surface area contributed by atoms with Crippen molar-refractivity contribution in [2.75, 3.05) is 5.32 Å². The Bertz CT molecular complexity index is 505. The summed E-state index contributed by atoms with van der Waals surface area (Å²) in [6.45, 7) is 4.20. The average Bonchev–Trinajstić information content (AvgIpc) is 2.37. The summed E-state index contributed by atoms with van der Waals surface area (Å²) in [5.74, 6) is -0.209. The number of anilines is 1. The minimum absolute atomic E-state index is 0.209. The molecule has 0 fully saturated rings. The maximum atomic E-state index is 13.1. The summed E-state index contributed by atoms with van der Waals surface area (Å²) >= 11 is 0. The van der Waals surface area contributed by atoms with Gasteiger partial charge in [-0.2, -0.15) is 0 Å². The summed E-state index contributed by atoms with van der Waals surface area (Å²) in [6.07, 6.45) is 0.958. The second kappa shape index (κ2) is 5.67. The minimum atomic E-state index is -0.209. The first-order valence-electron chi connectivity index (χ1n) is 6.27. The van der Waals surface area contributed by atoms with Crippen molar-refractivity contribution in [2.45, 2.75) is 26.3 Å². The highest BCUT2D eigenvalue weighted by atomic mass is 19.1. The van der Waals surface area contributed by atoms with E-state index in [0.29, 0.717) is 0 Å². The van der Waals surface area contributed by atoms with Crippen molar-refractivity contribution >= 4 is 5.69 Å². The first-order valence-corrected chi connectivity index (χ1v) is 6.27. The van der Waals surface area contributed by atoms with Gasteiger partial charge in [-0.1, -0.05) is 42.8 Å². The van der Waals surface area contributed by atoms with Gasteiger partial charge in [0.05, 0.1) is 6.04 Å². The highest BCUT2D eigenvalue weighted by Crippen LogP contribution is 2.23. The van der Waals surface area contributed by atoms with E-state index in [1.54, 1.807) is 6.07 Å². The van der Waals surface area contributed by atoms with Crippen LogP contribution in [0.5, 0.6) is 0 Å². The minimum Gasteiger partial charge on any atom is -0.378 e. The molecule has 1 unspecified atom stereocenters. The molecule has 94 valence electrons. The smallest absolute Gasteiger partial charge is 0.125 e. The zero-order chi connectivity index (χ0) is 13.0. The second-order valence-corrected chi connectivity index (χ2v) is 4.53.